The van der Waals surface area contributed by atoms with Crippen LogP contribution in [0.15, 0.2) is 17.2 Å². The van der Waals surface area contributed by atoms with Crippen molar-refractivity contribution < 1.29 is 19.0 Å². The fraction of sp³-hybridized carbons (Fsp3) is 0.231. The largest absolute Gasteiger partial charge is 0.454 e. The normalized spacial score (nSPS) is 12.3. The third-order valence-corrected chi connectivity index (χ3v) is 2.67. The lowest BCUT2D eigenvalue weighted by molar-refractivity contribution is 0.168. The lowest BCUT2D eigenvalue weighted by Crippen LogP contribution is -2.22. The van der Waals surface area contributed by atoms with Crippen molar-refractivity contribution >= 4 is 29.0 Å². The molecule has 10 nitrogen and oxygen atoms in total. The minimum atomic E-state index is -0.662. The molecule has 0 unspecified atom stereocenters. The number of hydrazone groups is 1. The van der Waals surface area contributed by atoms with E-state index in [1.165, 1.54) is 12.1 Å². The maximum atomic E-state index is 11.6. The highest BCUT2D eigenvalue weighted by Gasteiger charge is 2.19. The Morgan fingerprint density at radius 2 is 2.13 bits per heavy atom. The first-order valence-corrected chi connectivity index (χ1v) is 6.50. The fourth-order valence-corrected chi connectivity index (χ4v) is 1.68. The van der Waals surface area contributed by atoms with Crippen molar-refractivity contribution in [2.24, 2.45) is 10.8 Å². The lowest BCUT2D eigenvalue weighted by Gasteiger charge is -2.11. The number of rotatable bonds is 5. The number of carbonyl (C=O) groups is 1. The Hall–Kier alpha value is -3.48. The number of hydrogen-bond donors (Lipinski definition) is 4. The summed E-state index contributed by atoms with van der Waals surface area (Å²) in [6.45, 7) is 1.94. The number of hydrogen-bond acceptors (Lipinski definition) is 8. The molecule has 1 aromatic rings. The summed E-state index contributed by atoms with van der Waals surface area (Å²) >= 11 is 0. The first-order chi connectivity index (χ1) is 11.0. The van der Waals surface area contributed by atoms with Crippen LogP contribution in [0.3, 0.4) is 0 Å². The number of nitrogens with one attached hydrogen (secondary N) is 3. The van der Waals surface area contributed by atoms with E-state index in [1.54, 1.807) is 13.0 Å². The molecule has 0 aromatic heterocycles. The molecule has 10 heteroatoms. The van der Waals surface area contributed by atoms with Crippen LogP contribution >= 0.6 is 0 Å². The molecule has 1 amide bonds. The average molecular weight is 318 g/mol. The zero-order chi connectivity index (χ0) is 16.8. The van der Waals surface area contributed by atoms with Gasteiger partial charge in [-0.1, -0.05) is 0 Å². The van der Waals surface area contributed by atoms with Gasteiger partial charge in [0.25, 0.3) is 0 Å². The van der Waals surface area contributed by atoms with Crippen molar-refractivity contribution in [2.75, 3.05) is 24.1 Å². The highest BCUT2D eigenvalue weighted by molar-refractivity contribution is 6.45. The average Bonchev–Trinajstić information content (AvgIpc) is 2.94. The Morgan fingerprint density at radius 3 is 2.70 bits per heavy atom. The molecule has 5 N–H and O–H groups in total. The number of amides is 1. The topological polar surface area (TPSA) is 155 Å². The van der Waals surface area contributed by atoms with E-state index in [2.05, 4.69) is 15.8 Å². The minimum Gasteiger partial charge on any atom is -0.454 e. The van der Waals surface area contributed by atoms with Gasteiger partial charge in [-0.2, -0.15) is 10.4 Å². The molecule has 0 spiro atoms. The van der Waals surface area contributed by atoms with Crippen LogP contribution in [0, 0.1) is 16.7 Å². The van der Waals surface area contributed by atoms with Gasteiger partial charge in [0.1, 0.15) is 6.07 Å². The van der Waals surface area contributed by atoms with Crippen LogP contribution < -0.4 is 25.9 Å². The number of benzene rings is 1. The highest BCUT2D eigenvalue weighted by Crippen LogP contribution is 2.39. The molecule has 0 saturated heterocycles. The van der Waals surface area contributed by atoms with Crippen molar-refractivity contribution in [1.82, 2.24) is 0 Å². The summed E-state index contributed by atoms with van der Waals surface area (Å²) in [7, 11) is 0. The van der Waals surface area contributed by atoms with Gasteiger partial charge in [0.2, 0.25) is 12.5 Å². The van der Waals surface area contributed by atoms with E-state index in [0.29, 0.717) is 22.9 Å². The summed E-state index contributed by atoms with van der Waals surface area (Å²) < 4.78 is 15.3. The van der Waals surface area contributed by atoms with Crippen LogP contribution in [0.5, 0.6) is 11.5 Å². The third kappa shape index (κ3) is 3.79. The molecule has 0 saturated carbocycles. The van der Waals surface area contributed by atoms with Crippen LogP contribution in [0.25, 0.3) is 0 Å². The van der Waals surface area contributed by atoms with Gasteiger partial charge >= 0.3 is 6.09 Å². The van der Waals surface area contributed by atoms with Crippen LogP contribution in [0.2, 0.25) is 0 Å². The summed E-state index contributed by atoms with van der Waals surface area (Å²) in [6, 6.07) is 4.73. The summed E-state index contributed by atoms with van der Waals surface area (Å²) in [5.74, 6) is 0.400. The van der Waals surface area contributed by atoms with Gasteiger partial charge in [0.05, 0.1) is 18.0 Å². The molecular weight excluding hydrogens is 304 g/mol. The Bertz CT molecular complexity index is 709. The molecule has 0 atom stereocenters. The molecule has 0 fully saturated rings. The van der Waals surface area contributed by atoms with Gasteiger partial charge in [0, 0.05) is 12.1 Å². The molecule has 1 aromatic carbocycles. The predicted molar refractivity (Wildman–Crippen MR) is 81.8 cm³/mol. The van der Waals surface area contributed by atoms with Gasteiger partial charge in [-0.25, -0.2) is 4.79 Å². The molecule has 1 aliphatic heterocycles. The van der Waals surface area contributed by atoms with Crippen molar-refractivity contribution in [2.45, 2.75) is 6.92 Å². The van der Waals surface area contributed by atoms with E-state index in [0.717, 1.165) is 0 Å². The summed E-state index contributed by atoms with van der Waals surface area (Å²) in [5.41, 5.74) is 8.09. The quantitative estimate of drug-likeness (QED) is 0.361. The molecule has 2 rings (SSSR count). The lowest BCUT2D eigenvalue weighted by atomic mass is 10.2. The van der Waals surface area contributed by atoms with Crippen molar-refractivity contribution in [3.63, 3.8) is 0 Å². The van der Waals surface area contributed by atoms with Crippen molar-refractivity contribution in [3.05, 3.63) is 12.1 Å². The summed E-state index contributed by atoms with van der Waals surface area (Å²) in [5, 5.41) is 22.3. The van der Waals surface area contributed by atoms with E-state index in [1.807, 2.05) is 0 Å². The highest BCUT2D eigenvalue weighted by atomic mass is 16.7. The second kappa shape index (κ2) is 6.99. The molecule has 120 valence electrons. The number of nitrogens with zero attached hydrogens (tertiary/aromatic N) is 2. The Kier molecular flexibility index (Phi) is 4.83. The van der Waals surface area contributed by atoms with E-state index < -0.39 is 11.9 Å². The predicted octanol–water partition coefficient (Wildman–Crippen LogP) is 1.21. The number of nitriles is 1. The number of anilines is 2. The zero-order valence-electron chi connectivity index (χ0n) is 12.2. The maximum Gasteiger partial charge on any atom is 0.411 e. The smallest absolute Gasteiger partial charge is 0.411 e. The molecule has 0 aliphatic carbocycles. The molecule has 0 radical (unpaired) electrons. The van der Waals surface area contributed by atoms with E-state index in [9.17, 15) is 4.79 Å². The van der Waals surface area contributed by atoms with Gasteiger partial charge in [0.15, 0.2) is 17.3 Å². The van der Waals surface area contributed by atoms with Crippen LogP contribution in [0.1, 0.15) is 6.92 Å². The van der Waals surface area contributed by atoms with Crippen molar-refractivity contribution in [1.29, 1.82) is 10.7 Å². The summed E-state index contributed by atoms with van der Waals surface area (Å²) in [4.78, 5) is 11.6. The number of nitrogens with two attached hydrogens (primary N) is 1. The molecule has 23 heavy (non-hydrogen) atoms. The molecular formula is C13H14N6O4. The van der Waals surface area contributed by atoms with Gasteiger partial charge < -0.3 is 19.9 Å². The monoisotopic (exact) mass is 318 g/mol. The maximum absolute atomic E-state index is 11.6. The van der Waals surface area contributed by atoms with Gasteiger partial charge in [-0.3, -0.25) is 16.2 Å². The molecule has 0 bridgehead atoms. The van der Waals surface area contributed by atoms with E-state index in [-0.39, 0.29) is 19.1 Å². The number of amidine groups is 1. The van der Waals surface area contributed by atoms with Gasteiger partial charge in [-0.05, 0) is 6.92 Å². The van der Waals surface area contributed by atoms with Crippen molar-refractivity contribution in [3.8, 4) is 17.6 Å². The van der Waals surface area contributed by atoms with Crippen LogP contribution in [-0.4, -0.2) is 31.0 Å². The van der Waals surface area contributed by atoms with Crippen LogP contribution in [0.4, 0.5) is 16.2 Å². The SMILES string of the molecule is CCOC(=O)Nc1cc2c(cc1N/N=C(\C#N)C(=N)N)OCO2. The van der Waals surface area contributed by atoms with Crippen LogP contribution in [-0.2, 0) is 4.74 Å². The van der Waals surface area contributed by atoms with E-state index >= 15 is 0 Å². The minimum absolute atomic E-state index is 0.0534. The Balaban J connectivity index is 2.31. The van der Waals surface area contributed by atoms with Gasteiger partial charge in [-0.15, -0.1) is 0 Å². The molecule has 1 heterocycles. The number of ether oxygens (including phenoxy) is 3. The summed E-state index contributed by atoms with van der Waals surface area (Å²) in [6.07, 6.45) is -0.662. The second-order valence-electron chi connectivity index (χ2n) is 4.19. The Morgan fingerprint density at radius 1 is 1.48 bits per heavy atom. The Labute approximate surface area is 131 Å². The first kappa shape index (κ1) is 15.9. The van der Waals surface area contributed by atoms with E-state index in [4.69, 9.17) is 30.6 Å². The molecule has 1 aliphatic rings. The number of carbonyl (C=O) groups excluding carboxylic acids is 1. The zero-order valence-corrected chi connectivity index (χ0v) is 12.2. The first-order valence-electron chi connectivity index (χ1n) is 6.50. The number of fused-ring (bicyclic) bond motifs is 1. The fourth-order valence-electron chi connectivity index (χ4n) is 1.68. The second-order valence-corrected chi connectivity index (χ2v) is 4.19. The third-order valence-electron chi connectivity index (χ3n) is 2.67. The standard InChI is InChI=1S/C13H14N6O4/c1-2-21-13(20)17-7-3-10-11(23-6-22-10)4-8(7)18-19-9(5-14)12(15)16/h3-4,18H,2,6H2,1H3,(H3,15,16)(H,17,20)/b19-9+.